The molecule has 0 fully saturated rings. The van der Waals surface area contributed by atoms with Gasteiger partial charge in [0.25, 0.3) is 0 Å². The second kappa shape index (κ2) is 12.4. The summed E-state index contributed by atoms with van der Waals surface area (Å²) in [5, 5.41) is 4.19. The van der Waals surface area contributed by atoms with Crippen LogP contribution in [0, 0.1) is 0 Å². The van der Waals surface area contributed by atoms with Crippen molar-refractivity contribution < 1.29 is 19.0 Å². The van der Waals surface area contributed by atoms with Gasteiger partial charge in [0.2, 0.25) is 5.91 Å². The molecular weight excluding hydrogens is 502 g/mol. The van der Waals surface area contributed by atoms with Gasteiger partial charge in [-0.05, 0) is 64.7 Å². The number of fused-ring (bicyclic) bond motifs is 1. The number of nitrogens with zero attached hydrogens (tertiary/aromatic N) is 2. The first-order valence-electron chi connectivity index (χ1n) is 13.2. The fraction of sp³-hybridized carbons (Fsp3) is 0.212. The predicted molar refractivity (Wildman–Crippen MR) is 156 cm³/mol. The molecule has 0 saturated heterocycles. The van der Waals surface area contributed by atoms with Gasteiger partial charge in [-0.15, -0.1) is 0 Å². The van der Waals surface area contributed by atoms with Gasteiger partial charge in [-0.3, -0.25) is 9.78 Å². The third-order valence-electron chi connectivity index (χ3n) is 7.11. The van der Waals surface area contributed by atoms with Crippen LogP contribution in [0.5, 0.6) is 17.2 Å². The number of nitrogens with one attached hydrogen (secondary N) is 1. The molecule has 1 atom stereocenters. The molecule has 2 aromatic heterocycles. The van der Waals surface area contributed by atoms with Crippen LogP contribution in [0.4, 0.5) is 0 Å². The summed E-state index contributed by atoms with van der Waals surface area (Å²) in [6.45, 7) is 1.13. The molecule has 0 saturated carbocycles. The van der Waals surface area contributed by atoms with Gasteiger partial charge < -0.3 is 24.1 Å². The molecule has 3 aromatic carbocycles. The van der Waals surface area contributed by atoms with Gasteiger partial charge in [-0.25, -0.2) is 0 Å². The Morgan fingerprint density at radius 1 is 0.825 bits per heavy atom. The lowest BCUT2D eigenvalue weighted by molar-refractivity contribution is -0.121. The van der Waals surface area contributed by atoms with E-state index in [4.69, 9.17) is 14.2 Å². The van der Waals surface area contributed by atoms with E-state index in [1.54, 1.807) is 33.7 Å². The average Bonchev–Trinajstić information content (AvgIpc) is 3.37. The maximum atomic E-state index is 13.4. The van der Waals surface area contributed by atoms with Gasteiger partial charge in [0.15, 0.2) is 0 Å². The third-order valence-corrected chi connectivity index (χ3v) is 7.11. The summed E-state index contributed by atoms with van der Waals surface area (Å²) in [4.78, 5) is 17.4. The van der Waals surface area contributed by atoms with Crippen LogP contribution in [-0.2, 0) is 17.9 Å². The fourth-order valence-corrected chi connectivity index (χ4v) is 5.01. The van der Waals surface area contributed by atoms with Crippen molar-refractivity contribution in [1.82, 2.24) is 14.9 Å². The highest BCUT2D eigenvalue weighted by Gasteiger charge is 2.24. The monoisotopic (exact) mass is 535 g/mol. The SMILES string of the molecule is COc1ccc(Cn2cc([C@H](CC(=O)NCc3ccncc3)c3cc(OC)cc(OC)c3)c3ccccc32)cc1. The van der Waals surface area contributed by atoms with E-state index in [1.807, 2.05) is 54.6 Å². The molecule has 0 aliphatic heterocycles. The van der Waals surface area contributed by atoms with Gasteiger partial charge in [-0.1, -0.05) is 30.3 Å². The van der Waals surface area contributed by atoms with E-state index in [0.29, 0.717) is 24.6 Å². The summed E-state index contributed by atoms with van der Waals surface area (Å²) < 4.78 is 18.7. The van der Waals surface area contributed by atoms with Gasteiger partial charge in [0.05, 0.1) is 21.3 Å². The number of methoxy groups -OCH3 is 3. The molecule has 1 N–H and O–H groups in total. The van der Waals surface area contributed by atoms with Gasteiger partial charge in [0, 0.05) is 61.0 Å². The van der Waals surface area contributed by atoms with E-state index in [-0.39, 0.29) is 18.2 Å². The summed E-state index contributed by atoms with van der Waals surface area (Å²) >= 11 is 0. The second-order valence-corrected chi connectivity index (χ2v) is 9.61. The van der Waals surface area contributed by atoms with Crippen LogP contribution in [0.2, 0.25) is 0 Å². The average molecular weight is 536 g/mol. The molecule has 7 heteroatoms. The van der Waals surface area contributed by atoms with Crippen molar-refractivity contribution in [1.29, 1.82) is 0 Å². The molecular formula is C33H33N3O4. The Balaban J connectivity index is 1.54. The lowest BCUT2D eigenvalue weighted by atomic mass is 9.87. The molecule has 0 unspecified atom stereocenters. The van der Waals surface area contributed by atoms with Crippen LogP contribution in [0.25, 0.3) is 10.9 Å². The van der Waals surface area contributed by atoms with Crippen molar-refractivity contribution in [3.63, 3.8) is 0 Å². The maximum Gasteiger partial charge on any atom is 0.221 e. The van der Waals surface area contributed by atoms with Crippen molar-refractivity contribution in [2.75, 3.05) is 21.3 Å². The van der Waals surface area contributed by atoms with Crippen LogP contribution < -0.4 is 19.5 Å². The zero-order valence-corrected chi connectivity index (χ0v) is 23.0. The van der Waals surface area contributed by atoms with Gasteiger partial charge in [-0.2, -0.15) is 0 Å². The first-order chi connectivity index (χ1) is 19.6. The molecule has 5 aromatic rings. The van der Waals surface area contributed by atoms with Crippen LogP contribution in [-0.4, -0.2) is 36.8 Å². The Hall–Kier alpha value is -4.78. The quantitative estimate of drug-likeness (QED) is 0.226. The minimum absolute atomic E-state index is 0.0458. The summed E-state index contributed by atoms with van der Waals surface area (Å²) in [6.07, 6.45) is 5.88. The first kappa shape index (κ1) is 26.8. The second-order valence-electron chi connectivity index (χ2n) is 9.61. The molecule has 0 bridgehead atoms. The van der Waals surface area contributed by atoms with Crippen molar-refractivity contribution in [3.05, 3.63) is 120 Å². The number of carbonyl (C=O) groups excluding carboxylic acids is 1. The summed E-state index contributed by atoms with van der Waals surface area (Å²) in [7, 11) is 4.94. The van der Waals surface area contributed by atoms with Crippen LogP contribution in [0.1, 0.15) is 34.6 Å². The highest BCUT2D eigenvalue weighted by Crippen LogP contribution is 2.38. The number of hydrogen-bond donors (Lipinski definition) is 1. The smallest absolute Gasteiger partial charge is 0.221 e. The van der Waals surface area contributed by atoms with Crippen molar-refractivity contribution in [2.24, 2.45) is 0 Å². The van der Waals surface area contributed by atoms with Gasteiger partial charge in [0.1, 0.15) is 17.2 Å². The highest BCUT2D eigenvalue weighted by atomic mass is 16.5. The number of amides is 1. The largest absolute Gasteiger partial charge is 0.497 e. The number of rotatable bonds is 11. The summed E-state index contributed by atoms with van der Waals surface area (Å²) in [5.74, 6) is 1.91. The molecule has 5 rings (SSSR count). The number of benzene rings is 3. The molecule has 2 heterocycles. The standard InChI is InChI=1S/C33H33N3O4/c1-38-26-10-8-24(9-11-26)21-36-22-31(29-6-4-5-7-32(29)36)30(25-16-27(39-2)18-28(17-25)40-3)19-33(37)35-20-23-12-14-34-15-13-23/h4-18,22,30H,19-21H2,1-3H3,(H,35,37)/t30-/m1/s1. The topological polar surface area (TPSA) is 74.6 Å². The van der Waals surface area contributed by atoms with E-state index >= 15 is 0 Å². The van der Waals surface area contributed by atoms with Crippen molar-refractivity contribution in [3.8, 4) is 17.2 Å². The van der Waals surface area contributed by atoms with E-state index < -0.39 is 0 Å². The zero-order chi connectivity index (χ0) is 27.9. The Kier molecular flexibility index (Phi) is 8.30. The minimum Gasteiger partial charge on any atom is -0.497 e. The van der Waals surface area contributed by atoms with Crippen LogP contribution in [0.15, 0.2) is 97.5 Å². The Labute approximate surface area is 234 Å². The summed E-state index contributed by atoms with van der Waals surface area (Å²) in [6, 6.07) is 26.0. The van der Waals surface area contributed by atoms with Crippen molar-refractivity contribution >= 4 is 16.8 Å². The molecule has 204 valence electrons. The zero-order valence-electron chi connectivity index (χ0n) is 23.0. The number of pyridine rings is 1. The lowest BCUT2D eigenvalue weighted by Crippen LogP contribution is -2.25. The molecule has 0 radical (unpaired) electrons. The van der Waals surface area contributed by atoms with E-state index in [1.165, 1.54) is 0 Å². The predicted octanol–water partition coefficient (Wildman–Crippen LogP) is 5.95. The van der Waals surface area contributed by atoms with Gasteiger partial charge >= 0.3 is 0 Å². The molecule has 40 heavy (non-hydrogen) atoms. The normalized spacial score (nSPS) is 11.7. The van der Waals surface area contributed by atoms with E-state index in [0.717, 1.165) is 38.9 Å². The molecule has 0 spiro atoms. The van der Waals surface area contributed by atoms with E-state index in [9.17, 15) is 4.79 Å². The number of para-hydroxylation sites is 1. The van der Waals surface area contributed by atoms with Crippen LogP contribution >= 0.6 is 0 Å². The number of ether oxygens (including phenoxy) is 3. The Bertz CT molecular complexity index is 1560. The Morgan fingerprint density at radius 2 is 1.50 bits per heavy atom. The van der Waals surface area contributed by atoms with E-state index in [2.05, 4.69) is 45.3 Å². The first-order valence-corrected chi connectivity index (χ1v) is 13.2. The Morgan fingerprint density at radius 3 is 2.17 bits per heavy atom. The number of aromatic nitrogens is 2. The minimum atomic E-state index is -0.233. The highest BCUT2D eigenvalue weighted by molar-refractivity contribution is 5.87. The number of hydrogen-bond acceptors (Lipinski definition) is 5. The van der Waals surface area contributed by atoms with Crippen LogP contribution in [0.3, 0.4) is 0 Å². The molecule has 7 nitrogen and oxygen atoms in total. The maximum absolute atomic E-state index is 13.4. The summed E-state index contributed by atoms with van der Waals surface area (Å²) in [5.41, 5.74) is 5.27. The molecule has 0 aliphatic carbocycles. The lowest BCUT2D eigenvalue weighted by Gasteiger charge is -2.19. The van der Waals surface area contributed by atoms with Crippen molar-refractivity contribution in [2.45, 2.75) is 25.4 Å². The third kappa shape index (κ3) is 6.10. The fourth-order valence-electron chi connectivity index (χ4n) is 5.01. The molecule has 0 aliphatic rings. The molecule has 1 amide bonds. The number of carbonyl (C=O) groups is 1.